The average molecular weight is 377 g/mol. The molecule has 0 radical (unpaired) electrons. The first kappa shape index (κ1) is 18.0. The van der Waals surface area contributed by atoms with E-state index >= 15 is 0 Å². The van der Waals surface area contributed by atoms with Gasteiger partial charge >= 0.3 is 6.09 Å². The van der Waals surface area contributed by atoms with Crippen molar-refractivity contribution in [3.8, 4) is 11.3 Å². The fraction of sp³-hybridized carbons (Fsp3) is 0.286. The molecule has 0 aliphatic rings. The Morgan fingerprint density at radius 1 is 1.25 bits per heavy atom. The van der Waals surface area contributed by atoms with Crippen LogP contribution >= 0.6 is 0 Å². The predicted octanol–water partition coefficient (Wildman–Crippen LogP) is 4.18. The van der Waals surface area contributed by atoms with Crippen LogP contribution in [-0.4, -0.2) is 30.9 Å². The molecule has 7 nitrogen and oxygen atoms in total. The van der Waals surface area contributed by atoms with E-state index in [0.717, 1.165) is 45.2 Å². The predicted molar refractivity (Wildman–Crippen MR) is 109 cm³/mol. The maximum absolute atomic E-state index is 11.0. The van der Waals surface area contributed by atoms with Gasteiger partial charge in [0.15, 0.2) is 0 Å². The number of hydrogen-bond acceptors (Lipinski definition) is 3. The highest BCUT2D eigenvalue weighted by atomic mass is 16.4. The molecule has 0 bridgehead atoms. The minimum atomic E-state index is -1.04. The average Bonchev–Trinajstić information content (AvgIpc) is 3.21. The Morgan fingerprint density at radius 3 is 2.61 bits per heavy atom. The molecule has 3 aromatic heterocycles. The minimum Gasteiger partial charge on any atom is -0.465 e. The molecular weight excluding hydrogens is 354 g/mol. The van der Waals surface area contributed by atoms with Crippen molar-refractivity contribution in [2.45, 2.75) is 32.7 Å². The van der Waals surface area contributed by atoms with E-state index in [0.29, 0.717) is 0 Å². The number of aromatic amines is 1. The van der Waals surface area contributed by atoms with Gasteiger partial charge in [0.05, 0.1) is 22.9 Å². The second-order valence-electron chi connectivity index (χ2n) is 7.52. The zero-order valence-electron chi connectivity index (χ0n) is 16.4. The first-order valence-corrected chi connectivity index (χ1v) is 9.25. The lowest BCUT2D eigenvalue weighted by Gasteiger charge is -2.25. The minimum absolute atomic E-state index is 0.666. The van der Waals surface area contributed by atoms with Crippen molar-refractivity contribution in [1.29, 1.82) is 0 Å². The van der Waals surface area contributed by atoms with Crippen molar-refractivity contribution in [1.82, 2.24) is 25.1 Å². The topological polar surface area (TPSA) is 95.8 Å². The van der Waals surface area contributed by atoms with Crippen LogP contribution in [-0.2, 0) is 19.0 Å². The van der Waals surface area contributed by atoms with Crippen molar-refractivity contribution in [3.05, 3.63) is 47.8 Å². The summed E-state index contributed by atoms with van der Waals surface area (Å²) in [5, 5.41) is 18.1. The van der Waals surface area contributed by atoms with Crippen LogP contribution in [0.5, 0.6) is 0 Å². The Morgan fingerprint density at radius 2 is 1.96 bits per heavy atom. The SMILES string of the molecule is CCc1c(-c2ccc(C(C)(C)NC(=O)O)cc2)[nH]c2ncc3cnn(C)c3c12. The number of rotatable bonds is 4. The number of nitrogens with one attached hydrogen (secondary N) is 2. The molecule has 0 spiro atoms. The molecular formula is C21H23N5O2. The van der Waals surface area contributed by atoms with E-state index in [-0.39, 0.29) is 0 Å². The summed E-state index contributed by atoms with van der Waals surface area (Å²) in [6.45, 7) is 5.83. The summed E-state index contributed by atoms with van der Waals surface area (Å²) in [6, 6.07) is 7.96. The Balaban J connectivity index is 1.84. The number of nitrogens with zero attached hydrogens (tertiary/aromatic N) is 3. The second kappa shape index (κ2) is 6.37. The molecule has 4 rings (SSSR count). The number of hydrogen-bond donors (Lipinski definition) is 3. The molecule has 144 valence electrons. The van der Waals surface area contributed by atoms with Gasteiger partial charge in [0.25, 0.3) is 0 Å². The van der Waals surface area contributed by atoms with E-state index in [2.05, 4.69) is 27.3 Å². The van der Waals surface area contributed by atoms with Crippen molar-refractivity contribution >= 4 is 28.0 Å². The molecule has 1 amide bonds. The number of benzene rings is 1. The van der Waals surface area contributed by atoms with Crippen LogP contribution in [0.3, 0.4) is 0 Å². The van der Waals surface area contributed by atoms with E-state index < -0.39 is 11.6 Å². The first-order valence-electron chi connectivity index (χ1n) is 9.25. The monoisotopic (exact) mass is 377 g/mol. The molecule has 1 aromatic carbocycles. The third kappa shape index (κ3) is 2.79. The summed E-state index contributed by atoms with van der Waals surface area (Å²) >= 11 is 0. The van der Waals surface area contributed by atoms with Crippen LogP contribution < -0.4 is 5.32 Å². The number of fused-ring (bicyclic) bond motifs is 3. The smallest absolute Gasteiger partial charge is 0.405 e. The van der Waals surface area contributed by atoms with E-state index in [1.165, 1.54) is 5.56 Å². The maximum Gasteiger partial charge on any atom is 0.405 e. The van der Waals surface area contributed by atoms with E-state index in [9.17, 15) is 4.79 Å². The molecule has 3 N–H and O–H groups in total. The quantitative estimate of drug-likeness (QED) is 0.497. The summed E-state index contributed by atoms with van der Waals surface area (Å²) in [6.07, 6.45) is 3.49. The van der Waals surface area contributed by atoms with Gasteiger partial charge in [-0.05, 0) is 37.0 Å². The van der Waals surface area contributed by atoms with Crippen LogP contribution in [0.25, 0.3) is 33.2 Å². The summed E-state index contributed by atoms with van der Waals surface area (Å²) in [4.78, 5) is 19.1. The standard InChI is InChI=1S/C21H23N5O2/c1-5-15-16-18-13(11-23-26(18)4)10-22-19(16)24-17(15)12-6-8-14(9-7-12)21(2,3)25-20(27)28/h6-11,25H,5H2,1-4H3,(H,22,24)(H,27,28). The fourth-order valence-corrected chi connectivity index (χ4v) is 3.86. The summed E-state index contributed by atoms with van der Waals surface area (Å²) < 4.78 is 1.89. The summed E-state index contributed by atoms with van der Waals surface area (Å²) in [5.74, 6) is 0. The molecule has 0 saturated heterocycles. The molecule has 7 heteroatoms. The lowest BCUT2D eigenvalue weighted by Crippen LogP contribution is -2.39. The summed E-state index contributed by atoms with van der Waals surface area (Å²) in [5.41, 5.74) is 5.44. The first-order chi connectivity index (χ1) is 13.3. The van der Waals surface area contributed by atoms with Crippen LogP contribution in [0.15, 0.2) is 36.7 Å². The number of carbonyl (C=O) groups is 1. The lowest BCUT2D eigenvalue weighted by atomic mass is 9.92. The molecule has 28 heavy (non-hydrogen) atoms. The fourth-order valence-electron chi connectivity index (χ4n) is 3.86. The second-order valence-corrected chi connectivity index (χ2v) is 7.52. The van der Waals surface area contributed by atoms with Crippen LogP contribution in [0.2, 0.25) is 0 Å². The number of aromatic nitrogens is 4. The number of H-pyrrole nitrogens is 1. The molecule has 0 unspecified atom stereocenters. The largest absolute Gasteiger partial charge is 0.465 e. The zero-order chi connectivity index (χ0) is 20.1. The van der Waals surface area contributed by atoms with Crippen molar-refractivity contribution in [2.75, 3.05) is 0 Å². The Labute approximate surface area is 162 Å². The summed E-state index contributed by atoms with van der Waals surface area (Å²) in [7, 11) is 1.94. The van der Waals surface area contributed by atoms with E-state index in [1.807, 2.05) is 62.2 Å². The highest BCUT2D eigenvalue weighted by molar-refractivity contribution is 6.06. The molecule has 4 aromatic rings. The normalized spacial score (nSPS) is 12.0. The van der Waals surface area contributed by atoms with Gasteiger partial charge < -0.3 is 15.4 Å². The Kier molecular flexibility index (Phi) is 4.10. The molecule has 0 aliphatic heterocycles. The zero-order valence-corrected chi connectivity index (χ0v) is 16.4. The molecule has 0 aliphatic carbocycles. The number of pyridine rings is 1. The third-order valence-electron chi connectivity index (χ3n) is 5.29. The number of amides is 1. The van der Waals surface area contributed by atoms with Crippen LogP contribution in [0.1, 0.15) is 31.9 Å². The van der Waals surface area contributed by atoms with Gasteiger partial charge in [-0.2, -0.15) is 5.10 Å². The highest BCUT2D eigenvalue weighted by Crippen LogP contribution is 2.34. The maximum atomic E-state index is 11.0. The van der Waals surface area contributed by atoms with Crippen molar-refractivity contribution in [3.63, 3.8) is 0 Å². The van der Waals surface area contributed by atoms with Crippen molar-refractivity contribution < 1.29 is 9.90 Å². The van der Waals surface area contributed by atoms with Gasteiger partial charge in [0, 0.05) is 24.0 Å². The van der Waals surface area contributed by atoms with Crippen molar-refractivity contribution in [2.24, 2.45) is 7.05 Å². The van der Waals surface area contributed by atoms with Gasteiger partial charge in [-0.15, -0.1) is 0 Å². The van der Waals surface area contributed by atoms with Gasteiger partial charge in [-0.1, -0.05) is 31.2 Å². The van der Waals surface area contributed by atoms with Gasteiger partial charge in [-0.25, -0.2) is 9.78 Å². The highest BCUT2D eigenvalue weighted by Gasteiger charge is 2.23. The molecule has 0 fully saturated rings. The Hall–Kier alpha value is -3.35. The molecule has 3 heterocycles. The van der Waals surface area contributed by atoms with E-state index in [1.54, 1.807) is 0 Å². The molecule has 0 atom stereocenters. The van der Waals surface area contributed by atoms with Crippen LogP contribution in [0, 0.1) is 0 Å². The van der Waals surface area contributed by atoms with Gasteiger partial charge in [0.2, 0.25) is 0 Å². The van der Waals surface area contributed by atoms with E-state index in [4.69, 9.17) is 5.11 Å². The Bertz CT molecular complexity index is 1190. The van der Waals surface area contributed by atoms with Crippen LogP contribution in [0.4, 0.5) is 4.79 Å². The van der Waals surface area contributed by atoms with Gasteiger partial charge in [-0.3, -0.25) is 4.68 Å². The molecule has 0 saturated carbocycles. The third-order valence-corrected chi connectivity index (χ3v) is 5.29. The lowest BCUT2D eigenvalue weighted by molar-refractivity contribution is 0.182. The number of carboxylic acid groups (broad SMARTS) is 1. The van der Waals surface area contributed by atoms with Gasteiger partial charge in [0.1, 0.15) is 5.65 Å². The number of aryl methyl sites for hydroxylation is 2.